The lowest BCUT2D eigenvalue weighted by Gasteiger charge is -2.12. The number of aryl methyl sites for hydroxylation is 2. The van der Waals surface area contributed by atoms with Crippen LogP contribution in [0.25, 0.3) is 0 Å². The number of hydrogen-bond acceptors (Lipinski definition) is 3. The summed E-state index contributed by atoms with van der Waals surface area (Å²) >= 11 is 1.85. The lowest BCUT2D eigenvalue weighted by Crippen LogP contribution is -2.20. The third kappa shape index (κ3) is 2.00. The van der Waals surface area contributed by atoms with Crippen LogP contribution in [0.1, 0.15) is 34.1 Å². The minimum Gasteiger partial charge on any atom is -0.481 e. The fourth-order valence-electron chi connectivity index (χ4n) is 2.93. The molecule has 1 aliphatic heterocycles. The normalized spacial score (nSPS) is 28.0. The highest BCUT2D eigenvalue weighted by atomic mass is 32.1. The number of carbonyl (C=O) groups is 1. The van der Waals surface area contributed by atoms with E-state index in [1.807, 2.05) is 11.3 Å². The third-order valence-corrected chi connectivity index (χ3v) is 5.28. The second-order valence-corrected chi connectivity index (χ2v) is 6.18. The summed E-state index contributed by atoms with van der Waals surface area (Å²) in [5, 5.41) is 12.4. The van der Waals surface area contributed by atoms with Gasteiger partial charge >= 0.3 is 5.97 Å². The fraction of sp³-hybridized carbons (Fsp3) is 0.615. The Bertz CT molecular complexity index is 417. The number of rotatable bonds is 2. The minimum atomic E-state index is -0.661. The number of carboxylic acid groups (broad SMARTS) is 1. The van der Waals surface area contributed by atoms with Gasteiger partial charge < -0.3 is 10.4 Å². The molecule has 1 aromatic rings. The maximum absolute atomic E-state index is 11.2. The molecule has 0 radical (unpaired) electrons. The van der Waals surface area contributed by atoms with Crippen molar-refractivity contribution < 1.29 is 9.90 Å². The van der Waals surface area contributed by atoms with Crippen LogP contribution in [0.4, 0.5) is 0 Å². The first-order chi connectivity index (χ1) is 8.25. The first kappa shape index (κ1) is 11.2. The topological polar surface area (TPSA) is 49.3 Å². The Balaban J connectivity index is 1.88. The summed E-state index contributed by atoms with van der Waals surface area (Å²) in [5.74, 6) is -0.718. The summed E-state index contributed by atoms with van der Waals surface area (Å²) in [7, 11) is 0. The van der Waals surface area contributed by atoms with Gasteiger partial charge in [0.2, 0.25) is 0 Å². The molecule has 92 valence electrons. The van der Waals surface area contributed by atoms with E-state index in [-0.39, 0.29) is 11.8 Å². The summed E-state index contributed by atoms with van der Waals surface area (Å²) in [5.41, 5.74) is 1.48. The van der Waals surface area contributed by atoms with E-state index in [9.17, 15) is 9.90 Å². The lowest BCUT2D eigenvalue weighted by atomic mass is 9.93. The van der Waals surface area contributed by atoms with E-state index in [1.54, 1.807) is 0 Å². The van der Waals surface area contributed by atoms with E-state index in [2.05, 4.69) is 11.4 Å². The Kier molecular flexibility index (Phi) is 2.92. The van der Waals surface area contributed by atoms with Crippen LogP contribution in [0.15, 0.2) is 6.07 Å². The number of nitrogens with one attached hydrogen (secondary N) is 1. The maximum atomic E-state index is 11.2. The van der Waals surface area contributed by atoms with Crippen molar-refractivity contribution in [3.05, 3.63) is 21.4 Å². The minimum absolute atomic E-state index is 0.183. The van der Waals surface area contributed by atoms with Crippen molar-refractivity contribution in [2.45, 2.75) is 31.6 Å². The lowest BCUT2D eigenvalue weighted by molar-refractivity contribution is -0.141. The highest BCUT2D eigenvalue weighted by Gasteiger charge is 2.35. The van der Waals surface area contributed by atoms with Crippen molar-refractivity contribution in [3.63, 3.8) is 0 Å². The number of aliphatic carboxylic acids is 1. The second-order valence-electron chi connectivity index (χ2n) is 5.01. The summed E-state index contributed by atoms with van der Waals surface area (Å²) in [6.45, 7) is 1.43. The maximum Gasteiger partial charge on any atom is 0.308 e. The smallest absolute Gasteiger partial charge is 0.308 e. The van der Waals surface area contributed by atoms with E-state index in [0.717, 1.165) is 6.54 Å². The monoisotopic (exact) mass is 251 g/mol. The quantitative estimate of drug-likeness (QED) is 0.845. The molecule has 1 saturated heterocycles. The van der Waals surface area contributed by atoms with Gasteiger partial charge in [-0.15, -0.1) is 11.3 Å². The van der Waals surface area contributed by atoms with Gasteiger partial charge in [0.25, 0.3) is 0 Å². The van der Waals surface area contributed by atoms with Crippen molar-refractivity contribution in [2.75, 3.05) is 13.1 Å². The molecular formula is C13H17NO2S. The zero-order valence-corrected chi connectivity index (χ0v) is 10.6. The van der Waals surface area contributed by atoms with Gasteiger partial charge in [0.05, 0.1) is 5.92 Å². The van der Waals surface area contributed by atoms with Crippen molar-refractivity contribution in [2.24, 2.45) is 5.92 Å². The van der Waals surface area contributed by atoms with E-state index < -0.39 is 5.97 Å². The van der Waals surface area contributed by atoms with Gasteiger partial charge in [0.1, 0.15) is 0 Å². The van der Waals surface area contributed by atoms with Crippen LogP contribution in [-0.4, -0.2) is 24.2 Å². The van der Waals surface area contributed by atoms with Crippen molar-refractivity contribution in [1.82, 2.24) is 5.32 Å². The second kappa shape index (κ2) is 4.42. The number of thiophene rings is 1. The molecule has 2 aliphatic rings. The van der Waals surface area contributed by atoms with Crippen molar-refractivity contribution in [1.29, 1.82) is 0 Å². The Morgan fingerprint density at radius 1 is 1.35 bits per heavy atom. The first-order valence-corrected chi connectivity index (χ1v) is 7.12. The van der Waals surface area contributed by atoms with E-state index in [1.165, 1.54) is 41.0 Å². The zero-order valence-electron chi connectivity index (χ0n) is 9.74. The molecule has 0 bridgehead atoms. The molecule has 17 heavy (non-hydrogen) atoms. The molecule has 0 saturated carbocycles. The third-order valence-electron chi connectivity index (χ3n) is 3.91. The van der Waals surface area contributed by atoms with Crippen LogP contribution in [0.5, 0.6) is 0 Å². The molecular weight excluding hydrogens is 234 g/mol. The van der Waals surface area contributed by atoms with Crippen LogP contribution < -0.4 is 5.32 Å². The van der Waals surface area contributed by atoms with Crippen LogP contribution >= 0.6 is 11.3 Å². The molecule has 2 atom stereocenters. The van der Waals surface area contributed by atoms with E-state index in [4.69, 9.17) is 0 Å². The molecule has 4 heteroatoms. The Labute approximate surface area is 105 Å². The summed E-state index contributed by atoms with van der Waals surface area (Å²) in [4.78, 5) is 14.0. The number of hydrogen-bond donors (Lipinski definition) is 2. The number of carboxylic acids is 1. The van der Waals surface area contributed by atoms with Crippen LogP contribution in [0.3, 0.4) is 0 Å². The van der Waals surface area contributed by atoms with Gasteiger partial charge in [0.15, 0.2) is 0 Å². The molecule has 3 rings (SSSR count). The predicted molar refractivity (Wildman–Crippen MR) is 67.7 cm³/mol. The predicted octanol–water partition coefficient (Wildman–Crippen LogP) is 2.01. The Morgan fingerprint density at radius 2 is 2.18 bits per heavy atom. The molecule has 2 heterocycles. The standard InChI is InChI=1S/C13H17NO2S/c15-13(16)10-7-14-6-9(10)12-5-8-3-1-2-4-11(8)17-12/h5,9-10,14H,1-4,6-7H2,(H,15,16). The summed E-state index contributed by atoms with van der Waals surface area (Å²) < 4.78 is 0. The highest BCUT2D eigenvalue weighted by molar-refractivity contribution is 7.12. The van der Waals surface area contributed by atoms with Gasteiger partial charge in [-0.05, 0) is 37.3 Å². The fourth-order valence-corrected chi connectivity index (χ4v) is 4.36. The Morgan fingerprint density at radius 3 is 2.94 bits per heavy atom. The number of fused-ring (bicyclic) bond motifs is 1. The average Bonchev–Trinajstić information content (AvgIpc) is 2.95. The largest absolute Gasteiger partial charge is 0.481 e. The van der Waals surface area contributed by atoms with Crippen LogP contribution in [0.2, 0.25) is 0 Å². The molecule has 0 amide bonds. The van der Waals surface area contributed by atoms with E-state index in [0.29, 0.717) is 6.54 Å². The van der Waals surface area contributed by atoms with Crippen LogP contribution in [0, 0.1) is 5.92 Å². The van der Waals surface area contributed by atoms with Gasteiger partial charge in [-0.3, -0.25) is 4.79 Å². The molecule has 1 fully saturated rings. The molecule has 0 spiro atoms. The Hall–Kier alpha value is -0.870. The molecule has 2 N–H and O–H groups in total. The van der Waals surface area contributed by atoms with Crippen molar-refractivity contribution >= 4 is 17.3 Å². The molecule has 3 nitrogen and oxygen atoms in total. The first-order valence-electron chi connectivity index (χ1n) is 6.30. The van der Waals surface area contributed by atoms with Gasteiger partial charge in [0, 0.05) is 28.8 Å². The zero-order chi connectivity index (χ0) is 11.8. The summed E-state index contributed by atoms with van der Waals surface area (Å²) in [6, 6.07) is 2.27. The van der Waals surface area contributed by atoms with E-state index >= 15 is 0 Å². The average molecular weight is 251 g/mol. The molecule has 2 unspecified atom stereocenters. The van der Waals surface area contributed by atoms with Gasteiger partial charge in [-0.1, -0.05) is 0 Å². The van der Waals surface area contributed by atoms with Crippen molar-refractivity contribution in [3.8, 4) is 0 Å². The SMILES string of the molecule is O=C(O)C1CNCC1c1cc2c(s1)CCCC2. The highest BCUT2D eigenvalue weighted by Crippen LogP contribution is 2.37. The molecule has 0 aromatic carbocycles. The van der Waals surface area contributed by atoms with Gasteiger partial charge in [-0.2, -0.15) is 0 Å². The van der Waals surface area contributed by atoms with Crippen LogP contribution in [-0.2, 0) is 17.6 Å². The summed E-state index contributed by atoms with van der Waals surface area (Å²) in [6.07, 6.45) is 4.95. The molecule has 1 aromatic heterocycles. The van der Waals surface area contributed by atoms with Gasteiger partial charge in [-0.25, -0.2) is 0 Å². The molecule has 1 aliphatic carbocycles.